The van der Waals surface area contributed by atoms with Gasteiger partial charge < -0.3 is 15.1 Å². The van der Waals surface area contributed by atoms with Crippen molar-refractivity contribution < 1.29 is 18.8 Å². The van der Waals surface area contributed by atoms with Gasteiger partial charge in [0.25, 0.3) is 0 Å². The molecule has 1 amide bonds. The number of carbonyl (C=O) groups is 2. The fourth-order valence-electron chi connectivity index (χ4n) is 1.83. The average molecular weight is 386 g/mol. The molecule has 1 aromatic heterocycles. The molecule has 1 heterocycles. The summed E-state index contributed by atoms with van der Waals surface area (Å²) in [5.74, 6) is -0.563. The third kappa shape index (κ3) is 4.10. The number of benzene rings is 1. The quantitative estimate of drug-likeness (QED) is 0.621. The van der Waals surface area contributed by atoms with Gasteiger partial charge in [0.05, 0.1) is 18.4 Å². The second-order valence-electron chi connectivity index (χ2n) is 4.53. The van der Waals surface area contributed by atoms with E-state index in [2.05, 4.69) is 26.6 Å². The van der Waals surface area contributed by atoms with Gasteiger partial charge >= 0.3 is 5.91 Å². The maximum absolute atomic E-state index is 12.1. The fourth-order valence-corrected chi connectivity index (χ4v) is 2.37. The van der Waals surface area contributed by atoms with Crippen LogP contribution in [0.3, 0.4) is 0 Å². The topological polar surface area (TPSA) is 83.8 Å². The largest absolute Gasteiger partial charge is 0.450 e. The number of hydrogen-bond acceptors (Lipinski definition) is 6. The summed E-state index contributed by atoms with van der Waals surface area (Å²) in [5, 5.41) is 7.30. The van der Waals surface area contributed by atoms with Gasteiger partial charge in [0.15, 0.2) is 6.29 Å². The van der Waals surface area contributed by atoms with Gasteiger partial charge in [0, 0.05) is 30.0 Å². The van der Waals surface area contributed by atoms with Crippen molar-refractivity contribution in [3.8, 4) is 0 Å². The van der Waals surface area contributed by atoms with E-state index in [1.807, 2.05) is 14.1 Å². The van der Waals surface area contributed by atoms with E-state index in [9.17, 15) is 9.59 Å². The van der Waals surface area contributed by atoms with Crippen LogP contribution in [0.5, 0.6) is 0 Å². The highest BCUT2D eigenvalue weighted by atomic mass is 79.9. The van der Waals surface area contributed by atoms with E-state index in [4.69, 9.17) is 9.25 Å². The lowest BCUT2D eigenvalue weighted by molar-refractivity contribution is -0.0772. The zero-order valence-corrected chi connectivity index (χ0v) is 15.3. The Hall–Kier alpha value is -1.90. The molecule has 2 aromatic rings. The molecule has 7 nitrogen and oxygen atoms in total. The van der Waals surface area contributed by atoms with Crippen molar-refractivity contribution >= 4 is 44.8 Å². The Balaban J connectivity index is 0.000000816. The van der Waals surface area contributed by atoms with E-state index in [0.29, 0.717) is 17.3 Å². The molecular formula is C15H20BrN3O4. The van der Waals surface area contributed by atoms with Gasteiger partial charge in [-0.2, -0.15) is 0 Å². The molecule has 0 saturated carbocycles. The first kappa shape index (κ1) is 19.1. The number of aldehydes is 1. The van der Waals surface area contributed by atoms with Crippen LogP contribution in [-0.4, -0.2) is 52.6 Å². The summed E-state index contributed by atoms with van der Waals surface area (Å²) in [6, 6.07) is 3.45. The summed E-state index contributed by atoms with van der Waals surface area (Å²) in [7, 11) is 8.32. The number of amides is 1. The molecule has 0 aliphatic rings. The van der Waals surface area contributed by atoms with Gasteiger partial charge in [-0.05, 0) is 36.1 Å². The average Bonchev–Trinajstić information content (AvgIpc) is 2.90. The number of rotatable bonds is 4. The van der Waals surface area contributed by atoms with E-state index in [0.717, 1.165) is 15.2 Å². The minimum Gasteiger partial charge on any atom is -0.450 e. The Labute approximate surface area is 143 Å². The van der Waals surface area contributed by atoms with Crippen LogP contribution >= 0.6 is 15.9 Å². The number of fused-ring (bicyclic) bond motifs is 1. The SMILES string of the molecule is CNC.CNc1cc2oc(C(=O)N(C)OC)c(C=O)c2cc1Br. The van der Waals surface area contributed by atoms with Crippen molar-refractivity contribution in [2.45, 2.75) is 0 Å². The van der Waals surface area contributed by atoms with Crippen LogP contribution in [0, 0.1) is 0 Å². The lowest BCUT2D eigenvalue weighted by Gasteiger charge is -2.11. The molecule has 0 fully saturated rings. The summed E-state index contributed by atoms with van der Waals surface area (Å²) >= 11 is 3.39. The number of halogens is 1. The highest BCUT2D eigenvalue weighted by Gasteiger charge is 2.24. The van der Waals surface area contributed by atoms with Gasteiger partial charge in [0.1, 0.15) is 5.58 Å². The predicted octanol–water partition coefficient (Wildman–Crippen LogP) is 2.52. The summed E-state index contributed by atoms with van der Waals surface area (Å²) < 4.78 is 6.28. The van der Waals surface area contributed by atoms with Gasteiger partial charge in [-0.25, -0.2) is 5.06 Å². The maximum Gasteiger partial charge on any atom is 0.313 e. The number of hydroxylamine groups is 2. The lowest BCUT2D eigenvalue weighted by Crippen LogP contribution is -2.25. The molecule has 23 heavy (non-hydrogen) atoms. The van der Waals surface area contributed by atoms with Gasteiger partial charge in [-0.1, -0.05) is 0 Å². The molecule has 0 unspecified atom stereocenters. The van der Waals surface area contributed by atoms with Crippen LogP contribution in [0.2, 0.25) is 0 Å². The molecule has 0 aliphatic carbocycles. The van der Waals surface area contributed by atoms with Crippen LogP contribution in [-0.2, 0) is 4.84 Å². The number of nitrogens with zero attached hydrogens (tertiary/aromatic N) is 1. The number of hydrogen-bond donors (Lipinski definition) is 2. The standard InChI is InChI=1S/C13H13BrN2O4.C2H7N/c1-15-10-5-11-7(4-9(10)14)8(6-17)12(20-11)13(18)16(2)19-3;1-3-2/h4-6,15H,1-3H3;3H,1-2H3. The molecule has 126 valence electrons. The predicted molar refractivity (Wildman–Crippen MR) is 92.9 cm³/mol. The van der Waals surface area contributed by atoms with E-state index in [1.54, 1.807) is 19.2 Å². The van der Waals surface area contributed by atoms with Crippen LogP contribution in [0.15, 0.2) is 21.0 Å². The van der Waals surface area contributed by atoms with Gasteiger partial charge in [-0.15, -0.1) is 0 Å². The summed E-state index contributed by atoms with van der Waals surface area (Å²) in [5.41, 5.74) is 1.45. The second-order valence-corrected chi connectivity index (χ2v) is 5.38. The normalized spacial score (nSPS) is 10.0. The summed E-state index contributed by atoms with van der Waals surface area (Å²) in [6.45, 7) is 0. The van der Waals surface area contributed by atoms with Crippen molar-refractivity contribution in [3.63, 3.8) is 0 Å². The molecule has 1 aromatic carbocycles. The number of anilines is 1. The molecule has 0 bridgehead atoms. The molecule has 0 spiro atoms. The van der Waals surface area contributed by atoms with Crippen molar-refractivity contribution in [2.24, 2.45) is 0 Å². The first-order chi connectivity index (χ1) is 10.9. The number of nitrogens with one attached hydrogen (secondary N) is 2. The zero-order valence-electron chi connectivity index (χ0n) is 13.7. The van der Waals surface area contributed by atoms with Crippen LogP contribution in [0.1, 0.15) is 20.9 Å². The molecule has 0 saturated heterocycles. The molecule has 8 heteroatoms. The van der Waals surface area contributed by atoms with E-state index in [1.165, 1.54) is 14.2 Å². The third-order valence-electron chi connectivity index (χ3n) is 2.96. The molecular weight excluding hydrogens is 366 g/mol. The van der Waals surface area contributed by atoms with E-state index < -0.39 is 5.91 Å². The fraction of sp³-hybridized carbons (Fsp3) is 0.333. The Morgan fingerprint density at radius 1 is 1.35 bits per heavy atom. The first-order valence-electron chi connectivity index (χ1n) is 6.74. The van der Waals surface area contributed by atoms with Gasteiger partial charge in [0.2, 0.25) is 5.76 Å². The van der Waals surface area contributed by atoms with Crippen molar-refractivity contribution in [3.05, 3.63) is 27.9 Å². The van der Waals surface area contributed by atoms with Crippen LogP contribution in [0.25, 0.3) is 11.0 Å². The minimum absolute atomic E-state index is 0.0421. The lowest BCUT2D eigenvalue weighted by atomic mass is 10.1. The smallest absolute Gasteiger partial charge is 0.313 e. The second kappa shape index (κ2) is 8.66. The Bertz CT molecular complexity index is 700. The van der Waals surface area contributed by atoms with E-state index >= 15 is 0 Å². The molecule has 2 rings (SSSR count). The summed E-state index contributed by atoms with van der Waals surface area (Å²) in [4.78, 5) is 28.2. The molecule has 0 radical (unpaired) electrons. The third-order valence-corrected chi connectivity index (χ3v) is 3.61. The molecule has 0 atom stereocenters. The first-order valence-corrected chi connectivity index (χ1v) is 7.54. The van der Waals surface area contributed by atoms with Crippen molar-refractivity contribution in [2.75, 3.05) is 40.6 Å². The van der Waals surface area contributed by atoms with Gasteiger partial charge in [-0.3, -0.25) is 14.4 Å². The minimum atomic E-state index is -0.520. The van der Waals surface area contributed by atoms with Crippen LogP contribution < -0.4 is 10.6 Å². The Kier molecular flexibility index (Phi) is 7.21. The zero-order chi connectivity index (χ0) is 17.6. The molecule has 0 aliphatic heterocycles. The Morgan fingerprint density at radius 2 is 1.96 bits per heavy atom. The van der Waals surface area contributed by atoms with Crippen molar-refractivity contribution in [1.29, 1.82) is 0 Å². The molecule has 2 N–H and O–H groups in total. The monoisotopic (exact) mass is 385 g/mol. The number of carbonyl (C=O) groups excluding carboxylic acids is 2. The maximum atomic E-state index is 12.1. The Morgan fingerprint density at radius 3 is 2.43 bits per heavy atom. The van der Waals surface area contributed by atoms with E-state index in [-0.39, 0.29) is 11.3 Å². The highest BCUT2D eigenvalue weighted by molar-refractivity contribution is 9.10. The number of furan rings is 1. The van der Waals surface area contributed by atoms with Crippen LogP contribution in [0.4, 0.5) is 5.69 Å². The highest BCUT2D eigenvalue weighted by Crippen LogP contribution is 2.33. The summed E-state index contributed by atoms with van der Waals surface area (Å²) in [6.07, 6.45) is 0.605. The van der Waals surface area contributed by atoms with Crippen molar-refractivity contribution in [1.82, 2.24) is 10.4 Å².